The van der Waals surface area contributed by atoms with Gasteiger partial charge in [-0.2, -0.15) is 0 Å². The fourth-order valence-electron chi connectivity index (χ4n) is 17.8. The molecule has 0 aliphatic carbocycles. The van der Waals surface area contributed by atoms with Crippen LogP contribution in [0.4, 0.5) is 0 Å². The van der Waals surface area contributed by atoms with Crippen molar-refractivity contribution in [3.8, 4) is 28.7 Å². The number of phenolic OH excluding ortho intramolecular Hbond substituents is 1. The number of ether oxygens (including phenoxy) is 9. The van der Waals surface area contributed by atoms with Gasteiger partial charge in [-0.1, -0.05) is 94.5 Å². The second kappa shape index (κ2) is 57.9. The first kappa shape index (κ1) is 125. The van der Waals surface area contributed by atoms with Crippen molar-refractivity contribution in [3.05, 3.63) is 213 Å². The molecule has 17 rings (SSSR count). The molecule has 145 heavy (non-hydrogen) atoms. The van der Waals surface area contributed by atoms with Crippen LogP contribution in [0.15, 0.2) is 173 Å². The quantitative estimate of drug-likeness (QED) is 0.0409. The first-order valence-electron chi connectivity index (χ1n) is 48.4. The molecule has 3 aliphatic heterocycles. The number of morpholine rings is 1. The fraction of sp³-hybridized carbons (Fsp3) is 0.559. The highest BCUT2D eigenvalue weighted by Crippen LogP contribution is 2.32. The lowest BCUT2D eigenvalue weighted by Gasteiger charge is -2.26. The predicted octanol–water partition coefficient (Wildman–Crippen LogP) is 18.5. The number of aryl methyl sites for hydroxylation is 5. The maximum absolute atomic E-state index is 12.7. The number of imidazole rings is 7. The topological polar surface area (TPSA) is 302 Å². The van der Waals surface area contributed by atoms with E-state index in [1.165, 1.54) is 4.57 Å². The number of methoxy groups -OCH3 is 1. The van der Waals surface area contributed by atoms with Crippen molar-refractivity contribution in [2.24, 2.45) is 35.2 Å². The molecule has 2 atom stereocenters. The van der Waals surface area contributed by atoms with Crippen molar-refractivity contribution in [1.29, 1.82) is 0 Å². The molecule has 3 aliphatic rings. The van der Waals surface area contributed by atoms with E-state index in [2.05, 4.69) is 28.5 Å². The van der Waals surface area contributed by atoms with Crippen molar-refractivity contribution in [2.75, 3.05) is 141 Å². The summed E-state index contributed by atoms with van der Waals surface area (Å²) in [4.78, 5) is 92.8. The zero-order valence-electron chi connectivity index (χ0n) is 85.6. The fourth-order valence-corrected chi connectivity index (χ4v) is 17.8. The minimum atomic E-state index is -0.0958. The van der Waals surface area contributed by atoms with Gasteiger partial charge in [0.2, 0.25) is 0 Å². The highest BCUT2D eigenvalue weighted by molar-refractivity contribution is 5.85. The Bertz CT molecular complexity index is 6680. The normalized spacial score (nSPS) is 13.9. The van der Waals surface area contributed by atoms with Gasteiger partial charge in [-0.15, -0.1) is 0 Å². The Morgan fingerprint density at radius 1 is 0.338 bits per heavy atom. The Hall–Kier alpha value is -11.9. The Kier molecular flexibility index (Phi) is 50.0. The Morgan fingerprint density at radius 2 is 0.669 bits per heavy atom. The molecule has 34 heteroatoms. The van der Waals surface area contributed by atoms with Crippen molar-refractivity contribution >= 4 is 77.2 Å². The summed E-state index contributed by atoms with van der Waals surface area (Å²) in [6, 6.07) is 45.4. The van der Waals surface area contributed by atoms with E-state index in [1.54, 1.807) is 95.6 Å². The van der Waals surface area contributed by atoms with Gasteiger partial charge < -0.3 is 57.5 Å². The van der Waals surface area contributed by atoms with E-state index in [0.29, 0.717) is 51.8 Å². The summed E-state index contributed by atoms with van der Waals surface area (Å²) in [5.41, 5.74) is 12.8. The van der Waals surface area contributed by atoms with Gasteiger partial charge in [0, 0.05) is 156 Å². The molecular formula is C111H177N17O17. The Morgan fingerprint density at radius 3 is 1.05 bits per heavy atom. The molecule has 10 heterocycles. The number of hydrogen-bond acceptors (Lipinski definition) is 20. The standard InChI is InChI=1S/C16H23N3O2.C16H24N2O4.2C16H22N2O3.C15H23N3O2.C14H21N3O.C11H14N2O2.7CH4/c1-13(2)19-15-6-4-3-5-14(15)18(16(19)20)8-7-17-9-11-21-12-10-17;1-12(2)18-14-6-5-13(11-15(14)17(3)16(18)19)22-10-9-21-8-7-20-4;2*1-11(2)18-13-7-4-8-14(15(13)17(3)16(18)19)21-10-12-6-5-9-20-12;1-11(2)18-13-7-6-12(20-9-8-16(3)4)10-14(13)17(5)15(18)19;1-11(2)17-13-8-6-5-7-12(13)16(14(17)18)10-9-15(3)4;1-7(2)13-8-5-4-6-9(14)10(8)12(3)11(13)15;;;;;;;/h3-6,13H,7-12H2,1-2H3;5-6,11-12H,7-10H2,1-4H3;2*4,7-8,11-12H,5-6,9-10H2,1-3H3;6-7,10-11H,8-9H2,1-5H3;5-8,11H,9-10H2,1-4H3;4-7,14H,1-3H3;7*1H4/t;;2*12-;;;;;;;;;;/m..10........../s1. The largest absolute Gasteiger partial charge is 0.506 e. The van der Waals surface area contributed by atoms with Crippen LogP contribution in [0.1, 0.15) is 217 Å². The van der Waals surface area contributed by atoms with E-state index >= 15 is 0 Å². The third-order valence-electron chi connectivity index (χ3n) is 24.8. The number of fused-ring (bicyclic) bond motifs is 7. The molecular weight excluding hydrogens is 1840 g/mol. The summed E-state index contributed by atoms with van der Waals surface area (Å²) < 4.78 is 74.6. The lowest BCUT2D eigenvalue weighted by molar-refractivity contribution is 0.0364. The third-order valence-corrected chi connectivity index (χ3v) is 24.8. The van der Waals surface area contributed by atoms with E-state index < -0.39 is 0 Å². The maximum atomic E-state index is 12.7. The second-order valence-electron chi connectivity index (χ2n) is 37.7. The van der Waals surface area contributed by atoms with Crippen LogP contribution in [0.5, 0.6) is 28.7 Å². The van der Waals surface area contributed by atoms with Gasteiger partial charge in [-0.25, -0.2) is 33.6 Å². The average molecular weight is 2020 g/mol. The van der Waals surface area contributed by atoms with E-state index in [0.717, 1.165) is 193 Å². The molecule has 0 amide bonds. The summed E-state index contributed by atoms with van der Waals surface area (Å²) in [5.74, 6) is 3.19. The Balaban J connectivity index is 0.000000351. The molecule has 7 aromatic heterocycles. The molecule has 7 aromatic carbocycles. The van der Waals surface area contributed by atoms with E-state index in [1.807, 2.05) is 257 Å². The lowest BCUT2D eigenvalue weighted by atomic mass is 10.2. The van der Waals surface area contributed by atoms with Gasteiger partial charge >= 0.3 is 39.8 Å². The molecule has 0 saturated carbocycles. The molecule has 3 fully saturated rings. The number of para-hydroxylation sites is 7. The van der Waals surface area contributed by atoms with Crippen molar-refractivity contribution in [3.63, 3.8) is 0 Å². The first-order valence-corrected chi connectivity index (χ1v) is 48.4. The van der Waals surface area contributed by atoms with Crippen LogP contribution in [-0.2, 0) is 72.0 Å². The SMILES string of the molecule is C.C.C.C.C.C.C.CC(C)n1c(=O)n(C)c2c(O)cccc21.CC(C)n1c(=O)n(C)c2c(OC[C@@H]3CCCO3)cccc21.CC(C)n1c(=O)n(C)c2c(OC[C@H]3CCCO3)cccc21.CC(C)n1c(=O)n(C)c2cc(OCCN(C)C)ccc21.CC(C)n1c(=O)n(CCN(C)C)c2ccccc21.CC(C)n1c(=O)n(CCN2CCOCC2)c2ccccc21.COCCOCCOc1ccc2c(c1)n(C)c(=O)n2C(C)C. The van der Waals surface area contributed by atoms with E-state index in [4.69, 9.17) is 42.6 Å². The number of benzene rings is 7. The van der Waals surface area contributed by atoms with Gasteiger partial charge in [0.15, 0.2) is 0 Å². The van der Waals surface area contributed by atoms with Crippen LogP contribution in [0.3, 0.4) is 0 Å². The number of likely N-dealkylation sites (N-methyl/N-ethyl adjacent to an activating group) is 2. The third kappa shape index (κ3) is 29.8. The highest BCUT2D eigenvalue weighted by Gasteiger charge is 2.26. The van der Waals surface area contributed by atoms with Crippen molar-refractivity contribution < 1.29 is 47.7 Å². The zero-order valence-corrected chi connectivity index (χ0v) is 85.6. The first-order chi connectivity index (χ1) is 65.9. The van der Waals surface area contributed by atoms with Gasteiger partial charge in [-0.05, 0) is 236 Å². The van der Waals surface area contributed by atoms with Crippen LogP contribution in [0.25, 0.3) is 77.2 Å². The molecule has 1 N–H and O–H groups in total. The second-order valence-corrected chi connectivity index (χ2v) is 37.7. The van der Waals surface area contributed by atoms with Crippen LogP contribution >= 0.6 is 0 Å². The van der Waals surface area contributed by atoms with Crippen LogP contribution in [-0.4, -0.2) is 237 Å². The molecule has 0 bridgehead atoms. The molecule has 34 nitrogen and oxygen atoms in total. The summed E-state index contributed by atoms with van der Waals surface area (Å²) in [7, 11) is 18.5. The number of nitrogens with zero attached hydrogens (tertiary/aromatic N) is 17. The monoisotopic (exact) mass is 2020 g/mol. The van der Waals surface area contributed by atoms with E-state index in [-0.39, 0.29) is 152 Å². The molecule has 808 valence electrons. The van der Waals surface area contributed by atoms with Crippen molar-refractivity contribution in [1.82, 2.24) is 78.6 Å². The molecule has 14 aromatic rings. The number of hydrogen-bond donors (Lipinski definition) is 1. The van der Waals surface area contributed by atoms with Gasteiger partial charge in [-0.3, -0.25) is 68.8 Å². The lowest BCUT2D eigenvalue weighted by Crippen LogP contribution is -2.39. The number of aromatic nitrogens is 14. The number of phenols is 1. The highest BCUT2D eigenvalue weighted by atomic mass is 16.6. The average Bonchev–Trinajstić information content (AvgIpc) is 1.56. The summed E-state index contributed by atoms with van der Waals surface area (Å²) >= 11 is 0. The number of aromatic hydroxyl groups is 1. The van der Waals surface area contributed by atoms with Crippen LogP contribution < -0.4 is 58.8 Å². The van der Waals surface area contributed by atoms with Crippen LogP contribution in [0, 0.1) is 0 Å². The zero-order chi connectivity index (χ0) is 100. The maximum Gasteiger partial charge on any atom is 0.329 e. The smallest absolute Gasteiger partial charge is 0.329 e. The summed E-state index contributed by atoms with van der Waals surface area (Å²) in [6.07, 6.45) is 4.62. The van der Waals surface area contributed by atoms with Gasteiger partial charge in [0.25, 0.3) is 0 Å². The van der Waals surface area contributed by atoms with Gasteiger partial charge in [0.05, 0.1) is 106 Å². The van der Waals surface area contributed by atoms with E-state index in [9.17, 15) is 38.7 Å². The minimum Gasteiger partial charge on any atom is -0.506 e. The minimum absolute atomic E-state index is 0. The predicted molar refractivity (Wildman–Crippen MR) is 597 cm³/mol. The summed E-state index contributed by atoms with van der Waals surface area (Å²) in [5, 5.41) is 9.70. The van der Waals surface area contributed by atoms with Crippen LogP contribution in [0.2, 0.25) is 0 Å². The van der Waals surface area contributed by atoms with Gasteiger partial charge in [0.1, 0.15) is 71.7 Å². The Labute approximate surface area is 858 Å². The molecule has 3 saturated heterocycles. The molecule has 0 spiro atoms. The number of rotatable bonds is 30. The molecule has 0 radical (unpaired) electrons. The summed E-state index contributed by atoms with van der Waals surface area (Å²) in [6.45, 7) is 41.3. The van der Waals surface area contributed by atoms with Crippen molar-refractivity contribution in [2.45, 2.75) is 242 Å². The molecule has 0 unspecified atom stereocenters.